The average Bonchev–Trinajstić information content (AvgIpc) is 2.63. The molecular formula is C10H16N2S2. The van der Waals surface area contributed by atoms with Crippen molar-refractivity contribution < 1.29 is 0 Å². The Labute approximate surface area is 93.5 Å². The van der Waals surface area contributed by atoms with Gasteiger partial charge in [-0.3, -0.25) is 0 Å². The van der Waals surface area contributed by atoms with E-state index in [2.05, 4.69) is 22.6 Å². The maximum absolute atomic E-state index is 4.45. The summed E-state index contributed by atoms with van der Waals surface area (Å²) in [5.41, 5.74) is 1.15. The van der Waals surface area contributed by atoms with Crippen LogP contribution in [0, 0.1) is 6.92 Å². The third-order valence-corrected chi connectivity index (χ3v) is 4.72. The summed E-state index contributed by atoms with van der Waals surface area (Å²) >= 11 is 3.65. The van der Waals surface area contributed by atoms with Crippen molar-refractivity contribution in [1.29, 1.82) is 0 Å². The Kier molecular flexibility index (Phi) is 3.84. The Hall–Kier alpha value is -0.0600. The standard InChI is InChI=1S/C10H16N2S2/c1-8-6-13-10(12-8)14-7-9-4-2-3-5-11-9/h6,9,11H,2-5,7H2,1H3. The van der Waals surface area contributed by atoms with Crippen molar-refractivity contribution in [3.8, 4) is 0 Å². The molecule has 1 atom stereocenters. The predicted octanol–water partition coefficient (Wildman–Crippen LogP) is 2.69. The molecule has 1 aliphatic rings. The van der Waals surface area contributed by atoms with Gasteiger partial charge >= 0.3 is 0 Å². The zero-order chi connectivity index (χ0) is 9.80. The fourth-order valence-electron chi connectivity index (χ4n) is 1.64. The van der Waals surface area contributed by atoms with Gasteiger partial charge in [0.1, 0.15) is 4.34 Å². The maximum atomic E-state index is 4.45. The predicted molar refractivity (Wildman–Crippen MR) is 63.2 cm³/mol. The zero-order valence-electron chi connectivity index (χ0n) is 8.45. The first-order valence-corrected chi connectivity index (χ1v) is 6.99. The van der Waals surface area contributed by atoms with Crippen LogP contribution in [0.1, 0.15) is 25.0 Å². The number of hydrogen-bond donors (Lipinski definition) is 1. The Morgan fingerprint density at radius 1 is 1.64 bits per heavy atom. The lowest BCUT2D eigenvalue weighted by Gasteiger charge is -2.22. The molecular weight excluding hydrogens is 212 g/mol. The maximum Gasteiger partial charge on any atom is 0.150 e. The summed E-state index contributed by atoms with van der Waals surface area (Å²) in [6, 6.07) is 0.706. The number of nitrogens with one attached hydrogen (secondary N) is 1. The van der Waals surface area contributed by atoms with Crippen LogP contribution < -0.4 is 5.32 Å². The largest absolute Gasteiger partial charge is 0.313 e. The number of aromatic nitrogens is 1. The van der Waals surface area contributed by atoms with Crippen LogP contribution in [0.5, 0.6) is 0 Å². The molecule has 4 heteroatoms. The highest BCUT2D eigenvalue weighted by atomic mass is 32.2. The highest BCUT2D eigenvalue weighted by Crippen LogP contribution is 2.24. The van der Waals surface area contributed by atoms with Gasteiger partial charge in [0.05, 0.1) is 0 Å². The van der Waals surface area contributed by atoms with E-state index in [1.165, 1.54) is 35.9 Å². The van der Waals surface area contributed by atoms with Crippen molar-refractivity contribution in [3.63, 3.8) is 0 Å². The van der Waals surface area contributed by atoms with Crippen molar-refractivity contribution in [2.24, 2.45) is 0 Å². The van der Waals surface area contributed by atoms with Gasteiger partial charge in [-0.15, -0.1) is 11.3 Å². The summed E-state index contributed by atoms with van der Waals surface area (Å²) < 4.78 is 1.22. The van der Waals surface area contributed by atoms with Crippen LogP contribution in [0.4, 0.5) is 0 Å². The van der Waals surface area contributed by atoms with E-state index in [1.807, 2.05) is 11.8 Å². The molecule has 0 saturated carbocycles. The Morgan fingerprint density at radius 3 is 3.21 bits per heavy atom. The first-order valence-electron chi connectivity index (χ1n) is 5.13. The van der Waals surface area contributed by atoms with E-state index in [-0.39, 0.29) is 0 Å². The SMILES string of the molecule is Cc1csc(SCC2CCCCN2)n1. The number of thioether (sulfide) groups is 1. The van der Waals surface area contributed by atoms with Crippen LogP contribution >= 0.6 is 23.1 Å². The van der Waals surface area contributed by atoms with Gasteiger partial charge in [-0.05, 0) is 26.3 Å². The third kappa shape index (κ3) is 2.97. The van der Waals surface area contributed by atoms with E-state index < -0.39 is 0 Å². The third-order valence-electron chi connectivity index (χ3n) is 2.42. The van der Waals surface area contributed by atoms with Gasteiger partial charge in [0.25, 0.3) is 0 Å². The van der Waals surface area contributed by atoms with Gasteiger partial charge < -0.3 is 5.32 Å². The normalized spacial score (nSPS) is 22.5. The van der Waals surface area contributed by atoms with Gasteiger partial charge in [0.15, 0.2) is 0 Å². The topological polar surface area (TPSA) is 24.9 Å². The molecule has 1 aromatic heterocycles. The Balaban J connectivity index is 1.76. The van der Waals surface area contributed by atoms with Crippen molar-refractivity contribution in [1.82, 2.24) is 10.3 Å². The first-order chi connectivity index (χ1) is 6.84. The second-order valence-electron chi connectivity index (χ2n) is 3.71. The molecule has 0 radical (unpaired) electrons. The smallest absolute Gasteiger partial charge is 0.150 e. The summed E-state index contributed by atoms with van der Waals surface area (Å²) in [5.74, 6) is 1.17. The lowest BCUT2D eigenvalue weighted by atomic mass is 10.1. The van der Waals surface area contributed by atoms with Crippen LogP contribution in [0.25, 0.3) is 0 Å². The number of nitrogens with zero attached hydrogens (tertiary/aromatic N) is 1. The minimum absolute atomic E-state index is 0.706. The molecule has 1 N–H and O–H groups in total. The van der Waals surface area contributed by atoms with Crippen LogP contribution in [-0.2, 0) is 0 Å². The quantitative estimate of drug-likeness (QED) is 0.805. The van der Waals surface area contributed by atoms with E-state index in [0.29, 0.717) is 6.04 Å². The number of thiazole rings is 1. The molecule has 1 saturated heterocycles. The Bertz CT molecular complexity index is 279. The number of aryl methyl sites for hydroxylation is 1. The van der Waals surface area contributed by atoms with E-state index in [4.69, 9.17) is 0 Å². The van der Waals surface area contributed by atoms with Crippen LogP contribution in [-0.4, -0.2) is 23.3 Å². The summed E-state index contributed by atoms with van der Waals surface area (Å²) in [6.07, 6.45) is 4.06. The first kappa shape index (κ1) is 10.5. The van der Waals surface area contributed by atoms with Gasteiger partial charge in [-0.25, -0.2) is 4.98 Å². The molecule has 0 aliphatic carbocycles. The van der Waals surface area contributed by atoms with E-state index in [1.54, 1.807) is 11.3 Å². The number of piperidine rings is 1. The molecule has 0 aromatic carbocycles. The van der Waals surface area contributed by atoms with Crippen LogP contribution in [0.15, 0.2) is 9.72 Å². The average molecular weight is 228 g/mol. The molecule has 14 heavy (non-hydrogen) atoms. The molecule has 1 fully saturated rings. The number of rotatable bonds is 3. The van der Waals surface area contributed by atoms with Crippen molar-refractivity contribution in [3.05, 3.63) is 11.1 Å². The molecule has 78 valence electrons. The van der Waals surface area contributed by atoms with Gasteiger partial charge in [-0.1, -0.05) is 18.2 Å². The van der Waals surface area contributed by atoms with Crippen molar-refractivity contribution in [2.45, 2.75) is 36.6 Å². The number of hydrogen-bond acceptors (Lipinski definition) is 4. The molecule has 0 bridgehead atoms. The minimum atomic E-state index is 0.706. The van der Waals surface area contributed by atoms with Crippen LogP contribution in [0.2, 0.25) is 0 Å². The zero-order valence-corrected chi connectivity index (χ0v) is 10.1. The highest BCUT2D eigenvalue weighted by Gasteiger charge is 2.13. The van der Waals surface area contributed by atoms with E-state index in [0.717, 1.165) is 5.69 Å². The Morgan fingerprint density at radius 2 is 2.57 bits per heavy atom. The van der Waals surface area contributed by atoms with Crippen molar-refractivity contribution >= 4 is 23.1 Å². The van der Waals surface area contributed by atoms with Gasteiger partial charge in [-0.2, -0.15) is 0 Å². The molecule has 2 nitrogen and oxygen atoms in total. The van der Waals surface area contributed by atoms with Gasteiger partial charge in [0, 0.05) is 22.9 Å². The fourth-order valence-corrected chi connectivity index (χ4v) is 3.62. The monoisotopic (exact) mass is 228 g/mol. The van der Waals surface area contributed by atoms with Crippen molar-refractivity contribution in [2.75, 3.05) is 12.3 Å². The van der Waals surface area contributed by atoms with E-state index >= 15 is 0 Å². The molecule has 0 amide bonds. The van der Waals surface area contributed by atoms with Gasteiger partial charge in [0.2, 0.25) is 0 Å². The molecule has 1 aliphatic heterocycles. The lowest BCUT2D eigenvalue weighted by Crippen LogP contribution is -2.35. The summed E-state index contributed by atoms with van der Waals surface area (Å²) in [4.78, 5) is 4.45. The lowest BCUT2D eigenvalue weighted by molar-refractivity contribution is 0.430. The van der Waals surface area contributed by atoms with Crippen LogP contribution in [0.3, 0.4) is 0 Å². The minimum Gasteiger partial charge on any atom is -0.313 e. The summed E-state index contributed by atoms with van der Waals surface area (Å²) in [5, 5.41) is 5.67. The summed E-state index contributed by atoms with van der Waals surface area (Å²) in [7, 11) is 0. The molecule has 2 heterocycles. The molecule has 1 aromatic rings. The summed E-state index contributed by atoms with van der Waals surface area (Å²) in [6.45, 7) is 3.25. The second-order valence-corrected chi connectivity index (χ2v) is 5.84. The highest BCUT2D eigenvalue weighted by molar-refractivity contribution is 8.01. The second kappa shape index (κ2) is 5.14. The molecule has 0 spiro atoms. The molecule has 1 unspecified atom stereocenters. The van der Waals surface area contributed by atoms with E-state index in [9.17, 15) is 0 Å². The fraction of sp³-hybridized carbons (Fsp3) is 0.700. The molecule has 2 rings (SSSR count).